The summed E-state index contributed by atoms with van der Waals surface area (Å²) in [6, 6.07) is 0. The van der Waals surface area contributed by atoms with Gasteiger partial charge >= 0.3 is 0 Å². The summed E-state index contributed by atoms with van der Waals surface area (Å²) in [6.07, 6.45) is 17.6. The molecule has 5 nitrogen and oxygen atoms in total. The Labute approximate surface area is 191 Å². The molecule has 7 heteroatoms. The van der Waals surface area contributed by atoms with Gasteiger partial charge in [-0.2, -0.15) is 0 Å². The van der Waals surface area contributed by atoms with Crippen LogP contribution in [0.1, 0.15) is 89.9 Å². The highest BCUT2D eigenvalue weighted by molar-refractivity contribution is 7.99. The monoisotopic (exact) mass is 460 g/mol. The van der Waals surface area contributed by atoms with Gasteiger partial charge in [0.2, 0.25) is 0 Å². The van der Waals surface area contributed by atoms with Gasteiger partial charge in [0.25, 0.3) is 0 Å². The second-order valence-electron chi connectivity index (χ2n) is 8.37. The Morgan fingerprint density at radius 2 is 1.33 bits per heavy atom. The van der Waals surface area contributed by atoms with Crippen molar-refractivity contribution < 1.29 is 13.8 Å². The van der Waals surface area contributed by atoms with E-state index < -0.39 is 10.8 Å². The molecule has 1 fully saturated rings. The molecule has 0 aromatic heterocycles. The molecule has 0 amide bonds. The first kappa shape index (κ1) is 27.8. The van der Waals surface area contributed by atoms with Crippen LogP contribution in [0.25, 0.3) is 0 Å². The van der Waals surface area contributed by atoms with Crippen molar-refractivity contribution in [3.8, 4) is 0 Å². The normalized spacial score (nSPS) is 18.8. The fourth-order valence-electron chi connectivity index (χ4n) is 3.80. The average Bonchev–Trinajstić information content (AvgIpc) is 3.16. The van der Waals surface area contributed by atoms with Gasteiger partial charge in [0, 0.05) is 46.9 Å². The lowest BCUT2D eigenvalue weighted by Gasteiger charge is -2.22. The number of hydrogen-bond donors (Lipinski definition) is 1. The molecule has 1 heterocycles. The first-order valence-corrected chi connectivity index (χ1v) is 14.5. The molecule has 0 aromatic rings. The molecule has 1 aliphatic heterocycles. The van der Waals surface area contributed by atoms with Crippen molar-refractivity contribution in [2.75, 3.05) is 37.7 Å². The van der Waals surface area contributed by atoms with E-state index in [4.69, 9.17) is 0 Å². The van der Waals surface area contributed by atoms with E-state index in [-0.39, 0.29) is 0 Å². The van der Waals surface area contributed by atoms with Crippen LogP contribution in [0.4, 0.5) is 0 Å². The minimum absolute atomic E-state index is 0.528. The van der Waals surface area contributed by atoms with Crippen LogP contribution in [0, 0.1) is 0 Å². The van der Waals surface area contributed by atoms with Crippen LogP contribution >= 0.6 is 11.9 Å². The van der Waals surface area contributed by atoms with Crippen molar-refractivity contribution in [1.29, 1.82) is 0 Å². The lowest BCUT2D eigenvalue weighted by Crippen LogP contribution is -2.29. The number of carbonyl (C=O) groups is 2. The van der Waals surface area contributed by atoms with Crippen LogP contribution in [0.15, 0.2) is 0 Å². The summed E-state index contributed by atoms with van der Waals surface area (Å²) in [5, 5.41) is 0.528. The number of hydrogen-bond acceptors (Lipinski definition) is 6. The van der Waals surface area contributed by atoms with E-state index in [1.807, 2.05) is 0 Å². The molecule has 0 bridgehead atoms. The number of aldehydes is 2. The fraction of sp³-hybridized carbons (Fsp3) is 0.913. The van der Waals surface area contributed by atoms with Crippen molar-refractivity contribution in [2.45, 2.75) is 95.1 Å². The Morgan fingerprint density at radius 1 is 0.800 bits per heavy atom. The van der Waals surface area contributed by atoms with E-state index in [2.05, 4.69) is 9.62 Å². The third-order valence-corrected chi connectivity index (χ3v) is 8.42. The summed E-state index contributed by atoms with van der Waals surface area (Å²) in [4.78, 5) is 23.4. The zero-order chi connectivity index (χ0) is 21.7. The van der Waals surface area contributed by atoms with E-state index in [1.54, 1.807) is 11.9 Å². The van der Waals surface area contributed by atoms with Gasteiger partial charge in [-0.05, 0) is 58.2 Å². The number of unbranched alkanes of at least 4 members (excludes halogenated alkanes) is 10. The average molecular weight is 461 g/mol. The minimum atomic E-state index is -0.587. The Balaban J connectivity index is 2.12. The molecule has 2 atom stereocenters. The number of nitrogens with zero attached hydrogens (tertiary/aromatic N) is 1. The zero-order valence-electron chi connectivity index (χ0n) is 18.9. The minimum Gasteiger partial charge on any atom is -0.303 e. The molecule has 1 aliphatic rings. The standard InChI is InChI=1S/C23H44N2O3S2/c26-19-11-7-3-1-5-9-16-25(17-10-6-2-4-8-12-20-27)18-13-15-24-29-23-14-21-30(28)22-23/h19-20,23-24H,1-18,21-22H2. The van der Waals surface area contributed by atoms with Gasteiger partial charge in [0.05, 0.1) is 0 Å². The lowest BCUT2D eigenvalue weighted by atomic mass is 10.1. The predicted molar refractivity (Wildman–Crippen MR) is 130 cm³/mol. The first-order chi connectivity index (χ1) is 14.8. The van der Waals surface area contributed by atoms with Crippen molar-refractivity contribution in [3.63, 3.8) is 0 Å². The third kappa shape index (κ3) is 16.5. The van der Waals surface area contributed by atoms with Crippen LogP contribution < -0.4 is 4.72 Å². The second-order valence-corrected chi connectivity index (χ2v) is 11.2. The summed E-state index contributed by atoms with van der Waals surface area (Å²) in [6.45, 7) is 4.50. The summed E-state index contributed by atoms with van der Waals surface area (Å²) < 4.78 is 15.0. The predicted octanol–water partition coefficient (Wildman–Crippen LogP) is 4.52. The summed E-state index contributed by atoms with van der Waals surface area (Å²) >= 11 is 1.79. The molecule has 0 saturated carbocycles. The molecular formula is C23H44N2O3S2. The molecular weight excluding hydrogens is 416 g/mol. The molecule has 0 radical (unpaired) electrons. The van der Waals surface area contributed by atoms with Crippen LogP contribution in [0.3, 0.4) is 0 Å². The number of carbonyl (C=O) groups excluding carboxylic acids is 2. The maximum Gasteiger partial charge on any atom is 0.119 e. The van der Waals surface area contributed by atoms with Crippen molar-refractivity contribution >= 4 is 35.3 Å². The van der Waals surface area contributed by atoms with Crippen LogP contribution in [0.5, 0.6) is 0 Å². The quantitative estimate of drug-likeness (QED) is 0.146. The Kier molecular flexibility index (Phi) is 19.1. The summed E-state index contributed by atoms with van der Waals surface area (Å²) in [7, 11) is -0.587. The third-order valence-electron chi connectivity index (χ3n) is 5.64. The van der Waals surface area contributed by atoms with Gasteiger partial charge in [-0.25, -0.2) is 0 Å². The first-order valence-electron chi connectivity index (χ1n) is 12.1. The Morgan fingerprint density at radius 3 is 1.87 bits per heavy atom. The van der Waals surface area contributed by atoms with Crippen LogP contribution in [0.2, 0.25) is 0 Å². The maximum absolute atomic E-state index is 11.5. The Bertz CT molecular complexity index is 430. The molecule has 2 unspecified atom stereocenters. The van der Waals surface area contributed by atoms with E-state index in [0.717, 1.165) is 62.9 Å². The highest BCUT2D eigenvalue weighted by Gasteiger charge is 2.21. The van der Waals surface area contributed by atoms with E-state index in [0.29, 0.717) is 18.1 Å². The molecule has 0 spiro atoms. The topological polar surface area (TPSA) is 66.5 Å². The van der Waals surface area contributed by atoms with Crippen LogP contribution in [-0.2, 0) is 20.4 Å². The fourth-order valence-corrected chi connectivity index (χ4v) is 6.71. The van der Waals surface area contributed by atoms with Crippen molar-refractivity contribution in [3.05, 3.63) is 0 Å². The van der Waals surface area contributed by atoms with Gasteiger partial charge in [-0.3, -0.25) is 8.93 Å². The molecule has 176 valence electrons. The molecule has 30 heavy (non-hydrogen) atoms. The maximum atomic E-state index is 11.5. The highest BCUT2D eigenvalue weighted by Crippen LogP contribution is 2.19. The van der Waals surface area contributed by atoms with Crippen molar-refractivity contribution in [2.24, 2.45) is 0 Å². The van der Waals surface area contributed by atoms with Gasteiger partial charge in [0.1, 0.15) is 12.6 Å². The van der Waals surface area contributed by atoms with E-state index >= 15 is 0 Å². The Hall–Kier alpha value is -0.240. The van der Waals surface area contributed by atoms with Gasteiger partial charge < -0.3 is 14.5 Å². The molecule has 0 aliphatic carbocycles. The largest absolute Gasteiger partial charge is 0.303 e. The van der Waals surface area contributed by atoms with Gasteiger partial charge in [0.15, 0.2) is 0 Å². The van der Waals surface area contributed by atoms with Crippen molar-refractivity contribution in [1.82, 2.24) is 9.62 Å². The van der Waals surface area contributed by atoms with Crippen LogP contribution in [-0.4, -0.2) is 64.6 Å². The van der Waals surface area contributed by atoms with Gasteiger partial charge in [-0.15, -0.1) is 0 Å². The summed E-state index contributed by atoms with van der Waals surface area (Å²) in [5.41, 5.74) is 0. The number of nitrogens with one attached hydrogen (secondary N) is 1. The highest BCUT2D eigenvalue weighted by atomic mass is 32.2. The smallest absolute Gasteiger partial charge is 0.119 e. The number of rotatable bonds is 22. The zero-order valence-corrected chi connectivity index (χ0v) is 20.5. The molecule has 0 aromatic carbocycles. The summed E-state index contributed by atoms with van der Waals surface area (Å²) in [5.74, 6) is 1.72. The molecule has 1 rings (SSSR count). The van der Waals surface area contributed by atoms with Gasteiger partial charge in [-0.1, -0.05) is 50.5 Å². The molecule has 1 saturated heterocycles. The second kappa shape index (κ2) is 20.7. The van der Waals surface area contributed by atoms with E-state index in [9.17, 15) is 13.8 Å². The van der Waals surface area contributed by atoms with E-state index in [1.165, 1.54) is 64.5 Å². The molecule has 1 N–H and O–H groups in total. The lowest BCUT2D eigenvalue weighted by molar-refractivity contribution is -0.108. The SMILES string of the molecule is O=CCCCCCCCN(CCCCCCCC=O)CCCNSC1CCS(=O)C1.